The summed E-state index contributed by atoms with van der Waals surface area (Å²) in [5.41, 5.74) is 1.44. The summed E-state index contributed by atoms with van der Waals surface area (Å²) in [4.78, 5) is 4.43. The standard InChI is InChI=1S/C10H12BrNS/c1-7-2-4-8(5-3-7)10-12-9(11)6-13-10/h4,6-7H,2-3,5H2,1H3. The molecule has 1 unspecified atom stereocenters. The third kappa shape index (κ3) is 2.20. The molecule has 1 nitrogen and oxygen atoms in total. The van der Waals surface area contributed by atoms with Crippen LogP contribution in [0.3, 0.4) is 0 Å². The summed E-state index contributed by atoms with van der Waals surface area (Å²) in [5.74, 6) is 0.854. The second-order valence-electron chi connectivity index (χ2n) is 3.58. The minimum atomic E-state index is 0.854. The van der Waals surface area contributed by atoms with E-state index >= 15 is 0 Å². The molecule has 1 aliphatic rings. The fourth-order valence-corrected chi connectivity index (χ4v) is 2.89. The minimum absolute atomic E-state index is 0.854. The van der Waals surface area contributed by atoms with Gasteiger partial charge in [0.15, 0.2) is 0 Å². The highest BCUT2D eigenvalue weighted by Gasteiger charge is 2.13. The van der Waals surface area contributed by atoms with Gasteiger partial charge in [-0.25, -0.2) is 4.98 Å². The van der Waals surface area contributed by atoms with Crippen molar-refractivity contribution in [1.82, 2.24) is 4.98 Å². The average molecular weight is 258 g/mol. The fraction of sp³-hybridized carbons (Fsp3) is 0.500. The summed E-state index contributed by atoms with van der Waals surface area (Å²) in [6.45, 7) is 2.31. The molecule has 0 aliphatic heterocycles. The molecule has 0 fully saturated rings. The predicted molar refractivity (Wildman–Crippen MR) is 60.8 cm³/mol. The van der Waals surface area contributed by atoms with E-state index in [2.05, 4.69) is 33.9 Å². The molecule has 1 aromatic heterocycles. The minimum Gasteiger partial charge on any atom is -0.230 e. The summed E-state index contributed by atoms with van der Waals surface area (Å²) < 4.78 is 0.965. The van der Waals surface area contributed by atoms with E-state index in [1.54, 1.807) is 11.3 Å². The summed E-state index contributed by atoms with van der Waals surface area (Å²) >= 11 is 5.11. The SMILES string of the molecule is CC1CC=C(c2nc(Br)cs2)CC1. The summed E-state index contributed by atoms with van der Waals surface area (Å²) in [7, 11) is 0. The Hall–Kier alpha value is -0.150. The first-order chi connectivity index (χ1) is 6.25. The van der Waals surface area contributed by atoms with Crippen LogP contribution in [0.1, 0.15) is 31.2 Å². The van der Waals surface area contributed by atoms with E-state index in [4.69, 9.17) is 0 Å². The maximum atomic E-state index is 4.43. The lowest BCUT2D eigenvalue weighted by Gasteiger charge is -2.16. The van der Waals surface area contributed by atoms with Crippen molar-refractivity contribution >= 4 is 32.8 Å². The monoisotopic (exact) mass is 257 g/mol. The second kappa shape index (κ2) is 3.93. The Bertz CT molecular complexity index is 329. The molecular weight excluding hydrogens is 246 g/mol. The Balaban J connectivity index is 2.18. The molecule has 0 radical (unpaired) electrons. The summed E-state index contributed by atoms with van der Waals surface area (Å²) in [6, 6.07) is 0. The van der Waals surface area contributed by atoms with Crippen LogP contribution in [0, 0.1) is 5.92 Å². The first-order valence-corrected chi connectivity index (χ1v) is 6.23. The molecule has 0 aromatic carbocycles. The van der Waals surface area contributed by atoms with Crippen molar-refractivity contribution in [3.05, 3.63) is 21.1 Å². The van der Waals surface area contributed by atoms with E-state index < -0.39 is 0 Å². The van der Waals surface area contributed by atoms with Gasteiger partial charge in [0.25, 0.3) is 0 Å². The molecule has 13 heavy (non-hydrogen) atoms. The van der Waals surface area contributed by atoms with E-state index in [1.165, 1.54) is 29.8 Å². The van der Waals surface area contributed by atoms with Gasteiger partial charge in [-0.2, -0.15) is 0 Å². The normalized spacial score (nSPS) is 22.9. The van der Waals surface area contributed by atoms with Gasteiger partial charge >= 0.3 is 0 Å². The third-order valence-corrected chi connectivity index (χ3v) is 4.05. The topological polar surface area (TPSA) is 12.9 Å². The number of thiazole rings is 1. The Morgan fingerprint density at radius 2 is 2.46 bits per heavy atom. The smallest absolute Gasteiger partial charge is 0.120 e. The molecule has 1 atom stereocenters. The van der Waals surface area contributed by atoms with Gasteiger partial charge in [0, 0.05) is 5.38 Å². The van der Waals surface area contributed by atoms with Crippen molar-refractivity contribution in [2.45, 2.75) is 26.2 Å². The Morgan fingerprint density at radius 3 is 3.00 bits per heavy atom. The summed E-state index contributed by atoms with van der Waals surface area (Å²) in [6.07, 6.45) is 6.07. The molecule has 0 spiro atoms. The van der Waals surface area contributed by atoms with Crippen LogP contribution in [0.5, 0.6) is 0 Å². The summed E-state index contributed by atoms with van der Waals surface area (Å²) in [5, 5.41) is 3.24. The fourth-order valence-electron chi connectivity index (χ4n) is 1.56. The maximum absolute atomic E-state index is 4.43. The molecule has 0 amide bonds. The zero-order valence-electron chi connectivity index (χ0n) is 7.59. The number of hydrogen-bond acceptors (Lipinski definition) is 2. The van der Waals surface area contributed by atoms with Gasteiger partial charge in [-0.1, -0.05) is 13.0 Å². The molecule has 0 N–H and O–H groups in total. The lowest BCUT2D eigenvalue weighted by molar-refractivity contribution is 0.533. The first kappa shape index (κ1) is 9.41. The Labute approximate surface area is 91.0 Å². The van der Waals surface area contributed by atoms with Gasteiger partial charge in [0.1, 0.15) is 9.61 Å². The number of nitrogens with zero attached hydrogens (tertiary/aromatic N) is 1. The number of aromatic nitrogens is 1. The van der Waals surface area contributed by atoms with Gasteiger partial charge in [0.05, 0.1) is 0 Å². The van der Waals surface area contributed by atoms with Crippen molar-refractivity contribution in [2.24, 2.45) is 5.92 Å². The highest BCUT2D eigenvalue weighted by Crippen LogP contribution is 2.32. The van der Waals surface area contributed by atoms with Crippen LogP contribution in [-0.4, -0.2) is 4.98 Å². The van der Waals surface area contributed by atoms with Crippen LogP contribution in [0.15, 0.2) is 16.1 Å². The largest absolute Gasteiger partial charge is 0.230 e. The quantitative estimate of drug-likeness (QED) is 0.738. The molecule has 3 heteroatoms. The van der Waals surface area contributed by atoms with Crippen LogP contribution in [0.25, 0.3) is 5.57 Å². The molecule has 1 aliphatic carbocycles. The number of allylic oxidation sites excluding steroid dienone is 2. The average Bonchev–Trinajstić information content (AvgIpc) is 2.53. The number of hydrogen-bond donors (Lipinski definition) is 0. The lowest BCUT2D eigenvalue weighted by atomic mass is 9.91. The highest BCUT2D eigenvalue weighted by atomic mass is 79.9. The third-order valence-electron chi connectivity index (χ3n) is 2.42. The van der Waals surface area contributed by atoms with Crippen LogP contribution in [0.4, 0.5) is 0 Å². The van der Waals surface area contributed by atoms with Crippen molar-refractivity contribution in [3.8, 4) is 0 Å². The lowest BCUT2D eigenvalue weighted by Crippen LogP contribution is -2.00. The van der Waals surface area contributed by atoms with Crippen molar-refractivity contribution in [1.29, 1.82) is 0 Å². The maximum Gasteiger partial charge on any atom is 0.120 e. The van der Waals surface area contributed by atoms with Crippen LogP contribution in [0.2, 0.25) is 0 Å². The zero-order chi connectivity index (χ0) is 9.26. The van der Waals surface area contributed by atoms with Crippen LogP contribution >= 0.6 is 27.3 Å². The highest BCUT2D eigenvalue weighted by molar-refractivity contribution is 9.10. The van der Waals surface area contributed by atoms with Crippen molar-refractivity contribution in [2.75, 3.05) is 0 Å². The Morgan fingerprint density at radius 1 is 1.62 bits per heavy atom. The molecule has 0 saturated heterocycles. The Kier molecular flexibility index (Phi) is 2.84. The van der Waals surface area contributed by atoms with E-state index in [0.29, 0.717) is 0 Å². The van der Waals surface area contributed by atoms with Gasteiger partial charge in [-0.3, -0.25) is 0 Å². The predicted octanol–water partition coefficient (Wildman–Crippen LogP) is 4.11. The van der Waals surface area contributed by atoms with E-state index in [9.17, 15) is 0 Å². The van der Waals surface area contributed by atoms with Gasteiger partial charge in [0.2, 0.25) is 0 Å². The number of halogens is 1. The molecule has 0 bridgehead atoms. The molecule has 1 aromatic rings. The molecule has 70 valence electrons. The molecule has 1 heterocycles. The van der Waals surface area contributed by atoms with Crippen molar-refractivity contribution in [3.63, 3.8) is 0 Å². The van der Waals surface area contributed by atoms with Gasteiger partial charge in [-0.05, 0) is 46.7 Å². The molecule has 2 rings (SSSR count). The molecular formula is C10H12BrNS. The van der Waals surface area contributed by atoms with E-state index in [-0.39, 0.29) is 0 Å². The van der Waals surface area contributed by atoms with E-state index in [1.807, 2.05) is 5.38 Å². The van der Waals surface area contributed by atoms with Crippen LogP contribution in [-0.2, 0) is 0 Å². The van der Waals surface area contributed by atoms with Gasteiger partial charge in [-0.15, -0.1) is 11.3 Å². The zero-order valence-corrected chi connectivity index (χ0v) is 9.99. The second-order valence-corrected chi connectivity index (χ2v) is 5.25. The number of rotatable bonds is 1. The van der Waals surface area contributed by atoms with Crippen LogP contribution < -0.4 is 0 Å². The molecule has 0 saturated carbocycles. The van der Waals surface area contributed by atoms with Gasteiger partial charge < -0.3 is 0 Å². The van der Waals surface area contributed by atoms with E-state index in [0.717, 1.165) is 10.5 Å². The first-order valence-electron chi connectivity index (χ1n) is 4.56. The van der Waals surface area contributed by atoms with Crippen molar-refractivity contribution < 1.29 is 0 Å².